The first-order chi connectivity index (χ1) is 11.7. The summed E-state index contributed by atoms with van der Waals surface area (Å²) in [6, 6.07) is 27.1. The molecule has 0 atom stereocenters. The number of rotatable bonds is 2. The van der Waals surface area contributed by atoms with E-state index in [9.17, 15) is 9.59 Å². The number of aryl methyl sites for hydroxylation is 1. The lowest BCUT2D eigenvalue weighted by Gasteiger charge is -2.02. The van der Waals surface area contributed by atoms with Gasteiger partial charge in [0, 0.05) is 0 Å². The number of carbonyl (C=O) groups excluding carboxylic acids is 2. The highest BCUT2D eigenvalue weighted by molar-refractivity contribution is 6.02. The monoisotopic (exact) mass is 318 g/mol. The molecular formula is C21H18O3. The van der Waals surface area contributed by atoms with E-state index in [2.05, 4.69) is 19.1 Å². The van der Waals surface area contributed by atoms with Gasteiger partial charge in [0.15, 0.2) is 0 Å². The van der Waals surface area contributed by atoms with Crippen molar-refractivity contribution < 1.29 is 14.3 Å². The molecule has 0 N–H and O–H groups in total. The average molecular weight is 318 g/mol. The van der Waals surface area contributed by atoms with E-state index in [1.165, 1.54) is 5.56 Å². The predicted octanol–water partition coefficient (Wildman–Crippen LogP) is 4.68. The highest BCUT2D eigenvalue weighted by Crippen LogP contribution is 2.06. The minimum atomic E-state index is -0.639. The molecule has 3 aromatic carbocycles. The molecule has 3 aromatic rings. The zero-order valence-corrected chi connectivity index (χ0v) is 13.4. The topological polar surface area (TPSA) is 43.4 Å². The van der Waals surface area contributed by atoms with Gasteiger partial charge in [-0.05, 0) is 31.2 Å². The van der Waals surface area contributed by atoms with E-state index in [1.807, 2.05) is 18.2 Å². The Bertz CT molecular complexity index is 716. The summed E-state index contributed by atoms with van der Waals surface area (Å²) >= 11 is 0. The normalized spacial score (nSPS) is 9.38. The molecule has 3 rings (SSSR count). The van der Waals surface area contributed by atoms with Crippen molar-refractivity contribution in [2.45, 2.75) is 6.92 Å². The fourth-order valence-electron chi connectivity index (χ4n) is 1.88. The van der Waals surface area contributed by atoms with Crippen molar-refractivity contribution >= 4 is 11.9 Å². The molecule has 0 saturated carbocycles. The Morgan fingerprint density at radius 3 is 1.21 bits per heavy atom. The molecule has 24 heavy (non-hydrogen) atoms. The summed E-state index contributed by atoms with van der Waals surface area (Å²) in [5.74, 6) is -1.28. The zero-order chi connectivity index (χ0) is 17.2. The predicted molar refractivity (Wildman–Crippen MR) is 93.8 cm³/mol. The second-order valence-electron chi connectivity index (χ2n) is 5.06. The van der Waals surface area contributed by atoms with Crippen LogP contribution in [0.15, 0.2) is 91.0 Å². The molecule has 0 radical (unpaired) electrons. The summed E-state index contributed by atoms with van der Waals surface area (Å²) in [4.78, 5) is 23.2. The lowest BCUT2D eigenvalue weighted by molar-refractivity contribution is 0.0398. The smallest absolute Gasteiger partial charge is 0.346 e. The van der Waals surface area contributed by atoms with Crippen LogP contribution >= 0.6 is 0 Å². The van der Waals surface area contributed by atoms with Gasteiger partial charge in [0.25, 0.3) is 0 Å². The van der Waals surface area contributed by atoms with Crippen LogP contribution in [0.4, 0.5) is 0 Å². The van der Waals surface area contributed by atoms with Crippen molar-refractivity contribution in [3.63, 3.8) is 0 Å². The average Bonchev–Trinajstić information content (AvgIpc) is 2.64. The van der Waals surface area contributed by atoms with E-state index >= 15 is 0 Å². The van der Waals surface area contributed by atoms with Crippen molar-refractivity contribution in [2.24, 2.45) is 0 Å². The zero-order valence-electron chi connectivity index (χ0n) is 13.4. The minimum absolute atomic E-state index is 0.358. The van der Waals surface area contributed by atoms with Gasteiger partial charge < -0.3 is 4.74 Å². The molecule has 0 fully saturated rings. The van der Waals surface area contributed by atoms with E-state index in [1.54, 1.807) is 60.7 Å². The molecule has 120 valence electrons. The van der Waals surface area contributed by atoms with Gasteiger partial charge in [-0.3, -0.25) is 0 Å². The van der Waals surface area contributed by atoms with E-state index in [0.717, 1.165) is 0 Å². The molecule has 0 bridgehead atoms. The van der Waals surface area contributed by atoms with Gasteiger partial charge in [-0.15, -0.1) is 0 Å². The van der Waals surface area contributed by atoms with Gasteiger partial charge in [0.05, 0.1) is 11.1 Å². The van der Waals surface area contributed by atoms with E-state index in [4.69, 9.17) is 4.74 Å². The van der Waals surface area contributed by atoms with Crippen LogP contribution in [0.1, 0.15) is 26.3 Å². The third-order valence-electron chi connectivity index (χ3n) is 3.14. The maximum Gasteiger partial charge on any atom is 0.346 e. The summed E-state index contributed by atoms with van der Waals surface area (Å²) < 4.78 is 4.74. The lowest BCUT2D eigenvalue weighted by Crippen LogP contribution is -2.12. The van der Waals surface area contributed by atoms with Gasteiger partial charge in [-0.1, -0.05) is 72.3 Å². The molecule has 0 heterocycles. The summed E-state index contributed by atoms with van der Waals surface area (Å²) in [5.41, 5.74) is 2.04. The lowest BCUT2D eigenvalue weighted by atomic mass is 10.2. The van der Waals surface area contributed by atoms with Crippen LogP contribution in [-0.2, 0) is 4.74 Å². The second kappa shape index (κ2) is 9.06. The highest BCUT2D eigenvalue weighted by atomic mass is 16.6. The first-order valence-corrected chi connectivity index (χ1v) is 7.55. The Morgan fingerprint density at radius 2 is 0.917 bits per heavy atom. The van der Waals surface area contributed by atoms with Gasteiger partial charge in [-0.2, -0.15) is 0 Å². The van der Waals surface area contributed by atoms with Gasteiger partial charge >= 0.3 is 11.9 Å². The number of benzene rings is 3. The molecular weight excluding hydrogens is 300 g/mol. The van der Waals surface area contributed by atoms with Crippen LogP contribution in [-0.4, -0.2) is 11.9 Å². The van der Waals surface area contributed by atoms with Crippen LogP contribution in [0.2, 0.25) is 0 Å². The third kappa shape index (κ3) is 5.54. The maximum absolute atomic E-state index is 11.6. The summed E-state index contributed by atoms with van der Waals surface area (Å²) in [6.07, 6.45) is 0. The van der Waals surface area contributed by atoms with E-state index in [0.29, 0.717) is 11.1 Å². The van der Waals surface area contributed by atoms with Crippen molar-refractivity contribution in [2.75, 3.05) is 0 Å². The number of ether oxygens (including phenoxy) is 1. The fourth-order valence-corrected chi connectivity index (χ4v) is 1.88. The maximum atomic E-state index is 11.6. The molecule has 3 heteroatoms. The van der Waals surface area contributed by atoms with Crippen molar-refractivity contribution in [3.8, 4) is 0 Å². The largest absolute Gasteiger partial charge is 0.386 e. The Balaban J connectivity index is 0.000000249. The molecule has 3 nitrogen and oxygen atoms in total. The Hall–Kier alpha value is -3.20. The summed E-state index contributed by atoms with van der Waals surface area (Å²) in [6.45, 7) is 2.08. The Kier molecular flexibility index (Phi) is 6.47. The van der Waals surface area contributed by atoms with E-state index in [-0.39, 0.29) is 0 Å². The highest BCUT2D eigenvalue weighted by Gasteiger charge is 2.13. The van der Waals surface area contributed by atoms with Crippen molar-refractivity contribution in [3.05, 3.63) is 108 Å². The molecule has 0 aliphatic rings. The summed E-state index contributed by atoms with van der Waals surface area (Å²) in [5, 5.41) is 0. The number of esters is 2. The number of carbonyl (C=O) groups is 2. The second-order valence-corrected chi connectivity index (χ2v) is 5.06. The van der Waals surface area contributed by atoms with Gasteiger partial charge in [0.1, 0.15) is 0 Å². The first kappa shape index (κ1) is 17.2. The van der Waals surface area contributed by atoms with Crippen molar-refractivity contribution in [1.29, 1.82) is 0 Å². The van der Waals surface area contributed by atoms with E-state index < -0.39 is 11.9 Å². The van der Waals surface area contributed by atoms with Crippen molar-refractivity contribution in [1.82, 2.24) is 0 Å². The molecule has 0 spiro atoms. The third-order valence-corrected chi connectivity index (χ3v) is 3.14. The fraction of sp³-hybridized carbons (Fsp3) is 0.0476. The van der Waals surface area contributed by atoms with Gasteiger partial charge in [0.2, 0.25) is 0 Å². The SMILES string of the molecule is Cc1ccccc1.O=C(OC(=O)c1ccccc1)c1ccccc1. The molecule has 0 aliphatic heterocycles. The molecule has 0 aromatic heterocycles. The quantitative estimate of drug-likeness (QED) is 0.509. The molecule has 0 saturated heterocycles. The van der Waals surface area contributed by atoms with Crippen LogP contribution in [0.3, 0.4) is 0 Å². The van der Waals surface area contributed by atoms with Gasteiger partial charge in [-0.25, -0.2) is 9.59 Å². The number of hydrogen-bond donors (Lipinski definition) is 0. The molecule has 0 amide bonds. The van der Waals surface area contributed by atoms with Crippen LogP contribution in [0, 0.1) is 6.92 Å². The number of hydrogen-bond acceptors (Lipinski definition) is 3. The minimum Gasteiger partial charge on any atom is -0.386 e. The molecule has 0 aliphatic carbocycles. The van der Waals surface area contributed by atoms with Crippen LogP contribution in [0.25, 0.3) is 0 Å². The Morgan fingerprint density at radius 1 is 0.583 bits per heavy atom. The summed E-state index contributed by atoms with van der Waals surface area (Å²) in [7, 11) is 0. The first-order valence-electron chi connectivity index (χ1n) is 7.55. The molecule has 0 unspecified atom stereocenters. The standard InChI is InChI=1S/C14H10O3.C7H8/c15-13(11-7-3-1-4-8-11)17-14(16)12-9-5-2-6-10-12;1-7-5-3-2-4-6-7/h1-10H;2-6H,1H3. The van der Waals surface area contributed by atoms with Crippen LogP contribution in [0.5, 0.6) is 0 Å². The van der Waals surface area contributed by atoms with Crippen LogP contribution < -0.4 is 0 Å². The Labute approximate surface area is 141 Å².